The Hall–Kier alpha value is -4.01. The van der Waals surface area contributed by atoms with Crippen molar-refractivity contribution < 1.29 is 19.4 Å². The second-order valence-corrected chi connectivity index (χ2v) is 10.4. The molecule has 3 heterocycles. The van der Waals surface area contributed by atoms with E-state index in [4.69, 9.17) is 27.9 Å². The van der Waals surface area contributed by atoms with Crippen molar-refractivity contribution in [3.8, 4) is 17.0 Å². The van der Waals surface area contributed by atoms with Crippen molar-refractivity contribution in [3.05, 3.63) is 104 Å². The van der Waals surface area contributed by atoms with Gasteiger partial charge in [-0.3, -0.25) is 14.5 Å². The topological polar surface area (TPSA) is 93.8 Å². The number of hydrogen-bond acceptors (Lipinski definition) is 4. The van der Waals surface area contributed by atoms with Crippen LogP contribution in [0.25, 0.3) is 11.3 Å². The van der Waals surface area contributed by atoms with Gasteiger partial charge >= 0.3 is 5.97 Å². The number of carboxylic acids is 1. The molecule has 1 aliphatic rings. The lowest BCUT2D eigenvalue weighted by Gasteiger charge is -2.29. The molecule has 10 heteroatoms. The Labute approximate surface area is 234 Å². The van der Waals surface area contributed by atoms with Gasteiger partial charge in [-0.15, -0.1) is 0 Å². The number of halogens is 2. The molecule has 2 aromatic heterocycles. The van der Waals surface area contributed by atoms with Gasteiger partial charge in [-0.1, -0.05) is 35.3 Å². The highest BCUT2D eigenvalue weighted by Crippen LogP contribution is 2.47. The lowest BCUT2D eigenvalue weighted by Crippen LogP contribution is -2.31. The molecule has 8 nitrogen and oxygen atoms in total. The summed E-state index contributed by atoms with van der Waals surface area (Å²) in [6.45, 7) is 3.99. The molecule has 0 spiro atoms. The fraction of sp³-hybridized carbons (Fsp3) is 0.207. The zero-order valence-electron chi connectivity index (χ0n) is 21.6. The van der Waals surface area contributed by atoms with Crippen molar-refractivity contribution in [2.75, 3.05) is 12.0 Å². The molecule has 1 amide bonds. The summed E-state index contributed by atoms with van der Waals surface area (Å²) >= 11 is 12.4. The third kappa shape index (κ3) is 4.39. The van der Waals surface area contributed by atoms with Crippen LogP contribution in [0.4, 0.5) is 5.69 Å². The highest BCUT2D eigenvalue weighted by molar-refractivity contribution is 6.31. The van der Waals surface area contributed by atoms with Crippen molar-refractivity contribution in [1.82, 2.24) is 9.13 Å². The molecular formula is C29H25Cl2N3O5. The smallest absolute Gasteiger partial charge is 0.335 e. The number of amides is 1. The van der Waals surface area contributed by atoms with Crippen LogP contribution in [0.5, 0.6) is 5.75 Å². The van der Waals surface area contributed by atoms with E-state index in [0.717, 1.165) is 11.3 Å². The van der Waals surface area contributed by atoms with Crippen LogP contribution in [-0.2, 0) is 7.05 Å². The minimum absolute atomic E-state index is 0.00288. The molecule has 0 radical (unpaired) electrons. The van der Waals surface area contributed by atoms with E-state index in [2.05, 4.69) is 0 Å². The molecule has 5 rings (SSSR count). The van der Waals surface area contributed by atoms with Crippen molar-refractivity contribution >= 4 is 40.8 Å². The predicted octanol–water partition coefficient (Wildman–Crippen LogP) is 6.20. The lowest BCUT2D eigenvalue weighted by atomic mass is 10.0. The first-order valence-corrected chi connectivity index (χ1v) is 12.9. The fourth-order valence-electron chi connectivity index (χ4n) is 5.17. The molecule has 0 bridgehead atoms. The number of methoxy groups -OCH3 is 1. The predicted molar refractivity (Wildman–Crippen MR) is 151 cm³/mol. The maximum atomic E-state index is 14.1. The van der Waals surface area contributed by atoms with Crippen LogP contribution in [0.3, 0.4) is 0 Å². The van der Waals surface area contributed by atoms with E-state index in [1.807, 2.05) is 30.5 Å². The van der Waals surface area contributed by atoms with Crippen molar-refractivity contribution in [1.29, 1.82) is 0 Å². The van der Waals surface area contributed by atoms with Crippen LogP contribution < -0.4 is 15.2 Å². The van der Waals surface area contributed by atoms with Crippen LogP contribution >= 0.6 is 23.2 Å². The first-order valence-electron chi connectivity index (χ1n) is 12.2. The number of carbonyl (C=O) groups excluding carboxylic acids is 1. The molecule has 2 aromatic carbocycles. The largest absolute Gasteiger partial charge is 0.496 e. The summed E-state index contributed by atoms with van der Waals surface area (Å²) < 4.78 is 8.96. The Bertz CT molecular complexity index is 1660. The van der Waals surface area contributed by atoms with Crippen molar-refractivity contribution in [2.24, 2.45) is 7.05 Å². The highest BCUT2D eigenvalue weighted by Gasteiger charge is 2.43. The first kappa shape index (κ1) is 26.6. The van der Waals surface area contributed by atoms with Crippen molar-refractivity contribution in [3.63, 3.8) is 0 Å². The van der Waals surface area contributed by atoms with Crippen LogP contribution in [0, 0.1) is 0 Å². The maximum Gasteiger partial charge on any atom is 0.335 e. The zero-order chi connectivity index (χ0) is 28.2. The van der Waals surface area contributed by atoms with Crippen LogP contribution in [0.1, 0.15) is 57.9 Å². The summed E-state index contributed by atoms with van der Waals surface area (Å²) in [6, 6.07) is 14.4. The van der Waals surface area contributed by atoms with E-state index in [0.29, 0.717) is 33.3 Å². The normalized spacial score (nSPS) is 14.7. The minimum atomic E-state index is -1.07. The van der Waals surface area contributed by atoms with E-state index in [1.165, 1.54) is 23.8 Å². The summed E-state index contributed by atoms with van der Waals surface area (Å²) in [5.74, 6) is -0.870. The monoisotopic (exact) mass is 565 g/mol. The Kier molecular flexibility index (Phi) is 6.78. The molecule has 0 saturated heterocycles. The summed E-state index contributed by atoms with van der Waals surface area (Å²) in [5.41, 5.74) is 3.38. The molecule has 39 heavy (non-hydrogen) atoms. The summed E-state index contributed by atoms with van der Waals surface area (Å²) in [4.78, 5) is 39.8. The number of hydrogen-bond donors (Lipinski definition) is 1. The number of carbonyl (C=O) groups is 2. The van der Waals surface area contributed by atoms with E-state index in [9.17, 15) is 19.5 Å². The van der Waals surface area contributed by atoms with Gasteiger partial charge in [0.2, 0.25) is 0 Å². The highest BCUT2D eigenvalue weighted by atomic mass is 35.5. The quantitative estimate of drug-likeness (QED) is 0.300. The number of ether oxygens (including phenoxy) is 1. The molecule has 0 fully saturated rings. The summed E-state index contributed by atoms with van der Waals surface area (Å²) in [5, 5.41) is 10.2. The van der Waals surface area contributed by atoms with Gasteiger partial charge in [-0.25, -0.2) is 4.79 Å². The van der Waals surface area contributed by atoms with Gasteiger partial charge in [0, 0.05) is 29.9 Å². The Morgan fingerprint density at radius 2 is 1.69 bits per heavy atom. The Balaban J connectivity index is 1.81. The van der Waals surface area contributed by atoms with Gasteiger partial charge < -0.3 is 19.0 Å². The SMILES string of the molecule is COc1ccc(C(=O)O)cc1-c1cc2c(n1C(C)C)C(c1ccc(Cl)cc1)N(c1cc(Cl)c(=O)n(C)c1)C2=O. The number of pyridine rings is 1. The number of nitrogens with zero attached hydrogens (tertiary/aromatic N) is 3. The van der Waals surface area contributed by atoms with Crippen LogP contribution in [0.2, 0.25) is 10.0 Å². The minimum Gasteiger partial charge on any atom is -0.496 e. The second-order valence-electron chi connectivity index (χ2n) is 9.60. The fourth-order valence-corrected chi connectivity index (χ4v) is 5.54. The zero-order valence-corrected chi connectivity index (χ0v) is 23.1. The number of rotatable bonds is 6. The van der Waals surface area contributed by atoms with Crippen molar-refractivity contribution in [2.45, 2.75) is 25.9 Å². The number of aromatic nitrogens is 2. The molecule has 1 unspecified atom stereocenters. The molecule has 0 aliphatic carbocycles. The molecule has 1 atom stereocenters. The van der Waals surface area contributed by atoms with Gasteiger partial charge in [0.15, 0.2) is 0 Å². The standard InChI is InChI=1S/C29H25Cl2N3O5/c1-15(2)33-23(20-11-17(29(37)38)7-10-24(20)39-4)13-21-26(33)25(16-5-8-18(30)9-6-16)34(27(21)35)19-12-22(31)28(36)32(3)14-19/h5-15,25H,1-4H3,(H,37,38). The third-order valence-electron chi connectivity index (χ3n) is 6.87. The van der Waals surface area contributed by atoms with Gasteiger partial charge in [0.25, 0.3) is 11.5 Å². The Morgan fingerprint density at radius 3 is 2.28 bits per heavy atom. The second kappa shape index (κ2) is 9.94. The molecule has 200 valence electrons. The lowest BCUT2D eigenvalue weighted by molar-refractivity contribution is 0.0696. The maximum absolute atomic E-state index is 14.1. The number of aryl methyl sites for hydroxylation is 1. The average Bonchev–Trinajstić information content (AvgIpc) is 3.42. The molecule has 1 aliphatic heterocycles. The molecule has 0 saturated carbocycles. The Morgan fingerprint density at radius 1 is 1.00 bits per heavy atom. The number of benzene rings is 2. The number of carboxylic acid groups (broad SMARTS) is 1. The summed E-state index contributed by atoms with van der Waals surface area (Å²) in [7, 11) is 3.10. The number of fused-ring (bicyclic) bond motifs is 1. The van der Waals surface area contributed by atoms with E-state index < -0.39 is 12.0 Å². The van der Waals surface area contributed by atoms with E-state index in [-0.39, 0.29) is 28.1 Å². The number of anilines is 1. The van der Waals surface area contributed by atoms with Crippen LogP contribution in [-0.4, -0.2) is 33.2 Å². The molecule has 4 aromatic rings. The van der Waals surface area contributed by atoms with Crippen LogP contribution in [0.15, 0.2) is 65.6 Å². The average molecular weight is 566 g/mol. The first-order chi connectivity index (χ1) is 18.5. The van der Waals surface area contributed by atoms with Gasteiger partial charge in [-0.2, -0.15) is 0 Å². The van der Waals surface area contributed by atoms with Gasteiger partial charge in [0.05, 0.1) is 35.3 Å². The molecule has 1 N–H and O–H groups in total. The van der Waals surface area contributed by atoms with Gasteiger partial charge in [-0.05, 0) is 61.9 Å². The van der Waals surface area contributed by atoms with E-state index >= 15 is 0 Å². The molecular weight excluding hydrogens is 541 g/mol. The number of aromatic carboxylic acids is 1. The van der Waals surface area contributed by atoms with E-state index in [1.54, 1.807) is 48.5 Å². The van der Waals surface area contributed by atoms with Gasteiger partial charge in [0.1, 0.15) is 16.8 Å². The third-order valence-corrected chi connectivity index (χ3v) is 7.39. The summed E-state index contributed by atoms with van der Waals surface area (Å²) in [6.07, 6.45) is 1.58.